The molecule has 2 amide bonds. The number of piperidine rings is 1. The van der Waals surface area contributed by atoms with Crippen LogP contribution in [-0.4, -0.2) is 61.0 Å². The van der Waals surface area contributed by atoms with Crippen molar-refractivity contribution in [2.75, 3.05) is 18.5 Å². The number of nitrogens with zero attached hydrogens (tertiary/aromatic N) is 5. The normalized spacial score (nSPS) is 18.7. The van der Waals surface area contributed by atoms with Crippen molar-refractivity contribution in [3.05, 3.63) is 68.2 Å². The number of primary amides is 1. The van der Waals surface area contributed by atoms with Crippen LogP contribution < -0.4 is 16.6 Å². The fraction of sp³-hybridized carbons (Fsp3) is 0.308. The third kappa shape index (κ3) is 4.81. The molecule has 0 radical (unpaired) electrons. The molecule has 13 heteroatoms. The Morgan fingerprint density at radius 3 is 2.77 bits per heavy atom. The van der Waals surface area contributed by atoms with Crippen molar-refractivity contribution in [1.29, 1.82) is 0 Å². The maximum atomic E-state index is 13.7. The van der Waals surface area contributed by atoms with Crippen LogP contribution in [0, 0.1) is 6.92 Å². The Hall–Kier alpha value is -4.03. The molecular formula is C26H24ClN7O4S. The summed E-state index contributed by atoms with van der Waals surface area (Å²) in [6, 6.07) is 10.9. The first-order valence-electron chi connectivity index (χ1n) is 12.4. The number of nitrogens with two attached hydrogens (primary N) is 1. The van der Waals surface area contributed by atoms with Gasteiger partial charge in [-0.1, -0.05) is 23.7 Å². The first-order valence-corrected chi connectivity index (χ1v) is 13.6. The fourth-order valence-corrected chi connectivity index (χ4v) is 5.78. The van der Waals surface area contributed by atoms with E-state index < -0.39 is 5.91 Å². The average molecular weight is 566 g/mol. The van der Waals surface area contributed by atoms with Crippen LogP contribution in [0.15, 0.2) is 41.2 Å². The second-order valence-electron chi connectivity index (χ2n) is 9.67. The maximum Gasteiger partial charge on any atom is 0.410 e. The molecule has 2 aliphatic rings. The zero-order chi connectivity index (χ0) is 27.3. The van der Waals surface area contributed by atoms with E-state index in [1.807, 2.05) is 12.1 Å². The smallest absolute Gasteiger partial charge is 0.410 e. The summed E-state index contributed by atoms with van der Waals surface area (Å²) in [6.07, 6.45) is 1.11. The molecule has 2 aliphatic heterocycles. The molecule has 39 heavy (non-hydrogen) atoms. The van der Waals surface area contributed by atoms with Gasteiger partial charge in [-0.3, -0.25) is 14.2 Å². The molecule has 2 aromatic carbocycles. The van der Waals surface area contributed by atoms with Gasteiger partial charge in [0.2, 0.25) is 5.01 Å². The number of fused-ring (bicyclic) bond motifs is 2. The van der Waals surface area contributed by atoms with Crippen molar-refractivity contribution in [2.24, 2.45) is 5.73 Å². The minimum atomic E-state index is -0.661. The minimum Gasteiger partial charge on any atom is -0.447 e. The lowest BCUT2D eigenvalue weighted by molar-refractivity contribution is 0.1000. The van der Waals surface area contributed by atoms with Crippen LogP contribution in [0.3, 0.4) is 0 Å². The summed E-state index contributed by atoms with van der Waals surface area (Å²) in [6.45, 7) is 3.06. The second-order valence-corrected chi connectivity index (χ2v) is 10.9. The number of carbonyl (C=O) groups excluding carboxylic acids is 2. The van der Waals surface area contributed by atoms with Gasteiger partial charge in [0.1, 0.15) is 12.4 Å². The highest BCUT2D eigenvalue weighted by molar-refractivity contribution is 7.07. The number of hydrogen-bond acceptors (Lipinski definition) is 9. The van der Waals surface area contributed by atoms with Gasteiger partial charge in [0.05, 0.1) is 23.5 Å². The molecule has 2 saturated heterocycles. The number of nitrogens with one attached hydrogen (secondary N) is 1. The number of aryl methyl sites for hydroxylation is 1. The van der Waals surface area contributed by atoms with Crippen LogP contribution in [0.2, 0.25) is 5.02 Å². The molecule has 200 valence electrons. The highest BCUT2D eigenvalue weighted by Gasteiger charge is 2.38. The van der Waals surface area contributed by atoms with Crippen molar-refractivity contribution in [3.63, 3.8) is 0 Å². The van der Waals surface area contributed by atoms with Gasteiger partial charge in [-0.25, -0.2) is 14.8 Å². The molecule has 4 aromatic rings. The van der Waals surface area contributed by atoms with E-state index in [1.165, 1.54) is 0 Å². The lowest BCUT2D eigenvalue weighted by Crippen LogP contribution is -2.45. The first kappa shape index (κ1) is 25.3. The molecular weight excluding hydrogens is 542 g/mol. The second kappa shape index (κ2) is 9.93. The van der Waals surface area contributed by atoms with E-state index in [0.717, 1.165) is 17.1 Å². The quantitative estimate of drug-likeness (QED) is 0.362. The highest BCUT2D eigenvalue weighted by atomic mass is 35.5. The molecule has 0 aliphatic carbocycles. The van der Waals surface area contributed by atoms with Gasteiger partial charge in [-0.15, -0.1) is 0 Å². The van der Waals surface area contributed by atoms with Crippen LogP contribution in [-0.2, 0) is 11.3 Å². The number of carbonyl (C=O) groups is 2. The number of hydrogen-bond donors (Lipinski definition) is 2. The molecule has 2 fully saturated rings. The Kier molecular flexibility index (Phi) is 6.43. The first-order chi connectivity index (χ1) is 18.8. The van der Waals surface area contributed by atoms with E-state index in [9.17, 15) is 14.4 Å². The fourth-order valence-electron chi connectivity index (χ4n) is 5.13. The van der Waals surface area contributed by atoms with Crippen LogP contribution in [0.5, 0.6) is 0 Å². The molecule has 6 rings (SSSR count). The van der Waals surface area contributed by atoms with Gasteiger partial charge in [0, 0.05) is 28.9 Å². The maximum absolute atomic E-state index is 13.7. The summed E-state index contributed by atoms with van der Waals surface area (Å²) < 4.78 is 11.2. The number of rotatable bonds is 6. The largest absolute Gasteiger partial charge is 0.447 e. The van der Waals surface area contributed by atoms with Gasteiger partial charge in [0.15, 0.2) is 5.82 Å². The summed E-state index contributed by atoms with van der Waals surface area (Å²) in [5, 5.41) is 4.69. The predicted octanol–water partition coefficient (Wildman–Crippen LogP) is 3.42. The molecule has 0 spiro atoms. The third-order valence-corrected chi connectivity index (χ3v) is 8.11. The molecule has 3 N–H and O–H groups in total. The monoisotopic (exact) mass is 565 g/mol. The number of aromatic nitrogens is 4. The number of benzene rings is 2. The molecule has 2 aromatic heterocycles. The SMILES string of the molecule is Cc1nc2cc(-c3nsc(C(N)=O)n3)c(N[C@H]3CCN4C(=O)OC[C@@H]4C3)cc2c(=O)n1Cc1ccc(Cl)cc1. The summed E-state index contributed by atoms with van der Waals surface area (Å²) in [7, 11) is 0. The minimum absolute atomic E-state index is 0.00700. The third-order valence-electron chi connectivity index (χ3n) is 7.13. The van der Waals surface area contributed by atoms with Crippen LogP contribution in [0.4, 0.5) is 10.5 Å². The van der Waals surface area contributed by atoms with Gasteiger partial charge in [0.25, 0.3) is 11.5 Å². The molecule has 4 heterocycles. The van der Waals surface area contributed by atoms with E-state index >= 15 is 0 Å². The Balaban J connectivity index is 1.42. The Morgan fingerprint density at radius 1 is 1.23 bits per heavy atom. The van der Waals surface area contributed by atoms with Gasteiger partial charge in [-0.2, -0.15) is 4.37 Å². The molecule has 0 bridgehead atoms. The van der Waals surface area contributed by atoms with Gasteiger partial charge >= 0.3 is 6.09 Å². The molecule has 0 saturated carbocycles. The highest BCUT2D eigenvalue weighted by Crippen LogP contribution is 2.33. The standard InChI is InChI=1S/C26H24ClN7O4S/c1-13-29-21-9-18(23-31-24(22(28)35)39-32-23)20(30-16-6-7-33-17(8-16)12-38-26(33)37)10-19(21)25(36)34(13)11-14-2-4-15(27)5-3-14/h2-5,9-10,16-17,30H,6-8,11-12H2,1H3,(H2,28,35)/t16-,17-/m0/s1. The van der Waals surface area contributed by atoms with Crippen molar-refractivity contribution in [1.82, 2.24) is 23.8 Å². The topological polar surface area (TPSA) is 145 Å². The van der Waals surface area contributed by atoms with Crippen LogP contribution in [0.25, 0.3) is 22.3 Å². The van der Waals surface area contributed by atoms with E-state index in [-0.39, 0.29) is 28.7 Å². The van der Waals surface area contributed by atoms with Gasteiger partial charge < -0.3 is 20.7 Å². The zero-order valence-electron chi connectivity index (χ0n) is 20.9. The van der Waals surface area contributed by atoms with Crippen molar-refractivity contribution >= 4 is 51.7 Å². The van der Waals surface area contributed by atoms with E-state index in [1.54, 1.807) is 40.7 Å². The summed E-state index contributed by atoms with van der Waals surface area (Å²) in [5.41, 5.74) is 7.89. The van der Waals surface area contributed by atoms with E-state index in [2.05, 4.69) is 14.7 Å². The lowest BCUT2D eigenvalue weighted by atomic mass is 9.97. The summed E-state index contributed by atoms with van der Waals surface area (Å²) >= 11 is 6.94. The van der Waals surface area contributed by atoms with Crippen molar-refractivity contribution in [2.45, 2.75) is 38.4 Å². The average Bonchev–Trinajstić information content (AvgIpc) is 3.55. The number of cyclic esters (lactones) is 1. The Morgan fingerprint density at radius 2 is 2.03 bits per heavy atom. The van der Waals surface area contributed by atoms with Crippen molar-refractivity contribution < 1.29 is 14.3 Å². The van der Waals surface area contributed by atoms with Crippen LogP contribution in [0.1, 0.15) is 34.0 Å². The Bertz CT molecular complexity index is 1670. The number of ether oxygens (including phenoxy) is 1. The van der Waals surface area contributed by atoms with E-state index in [0.29, 0.717) is 71.4 Å². The van der Waals surface area contributed by atoms with Crippen molar-refractivity contribution in [3.8, 4) is 11.4 Å². The zero-order valence-corrected chi connectivity index (χ0v) is 22.5. The number of anilines is 1. The van der Waals surface area contributed by atoms with Gasteiger partial charge in [-0.05, 0) is 61.1 Å². The summed E-state index contributed by atoms with van der Waals surface area (Å²) in [4.78, 5) is 48.1. The molecule has 0 unspecified atom stereocenters. The Labute approximate surface area is 231 Å². The number of amides is 2. The number of halogens is 1. The lowest BCUT2D eigenvalue weighted by Gasteiger charge is -2.33. The predicted molar refractivity (Wildman–Crippen MR) is 147 cm³/mol. The molecule has 2 atom stereocenters. The summed E-state index contributed by atoms with van der Waals surface area (Å²) in [5.74, 6) is 0.211. The van der Waals surface area contributed by atoms with E-state index in [4.69, 9.17) is 27.1 Å². The molecule has 11 nitrogen and oxygen atoms in total. The van der Waals surface area contributed by atoms with Crippen LogP contribution >= 0.6 is 23.1 Å².